The molecule has 2 bridgehead atoms. The average Bonchev–Trinajstić information content (AvgIpc) is 2.75. The molecule has 5 unspecified atom stereocenters. The lowest BCUT2D eigenvalue weighted by Crippen LogP contribution is -2.38. The Morgan fingerprint density at radius 3 is 2.77 bits per heavy atom. The van der Waals surface area contributed by atoms with Gasteiger partial charge in [-0.1, -0.05) is 12.2 Å². The second-order valence-corrected chi connectivity index (χ2v) is 5.33. The van der Waals surface area contributed by atoms with Crippen molar-refractivity contribution in [3.63, 3.8) is 0 Å². The van der Waals surface area contributed by atoms with E-state index in [0.717, 1.165) is 29.7 Å². The Kier molecular flexibility index (Phi) is 1.61. The van der Waals surface area contributed by atoms with E-state index in [4.69, 9.17) is 0 Å². The van der Waals surface area contributed by atoms with Crippen LogP contribution in [-0.4, -0.2) is 25.0 Å². The SMILES string of the molecule is CN(C)C1CC2CC1C1CC=CC21. The van der Waals surface area contributed by atoms with Gasteiger partial charge in [-0.25, -0.2) is 0 Å². The van der Waals surface area contributed by atoms with Gasteiger partial charge in [-0.05, 0) is 57.0 Å². The van der Waals surface area contributed by atoms with Gasteiger partial charge < -0.3 is 4.90 Å². The molecule has 3 aliphatic rings. The minimum atomic E-state index is 0.895. The van der Waals surface area contributed by atoms with Gasteiger partial charge in [0.1, 0.15) is 0 Å². The van der Waals surface area contributed by atoms with E-state index in [1.54, 1.807) is 0 Å². The molecule has 0 heterocycles. The van der Waals surface area contributed by atoms with Crippen molar-refractivity contribution in [2.24, 2.45) is 23.7 Å². The van der Waals surface area contributed by atoms with E-state index >= 15 is 0 Å². The normalized spacial score (nSPS) is 52.1. The van der Waals surface area contributed by atoms with Crippen molar-refractivity contribution in [2.45, 2.75) is 25.3 Å². The molecule has 0 amide bonds. The predicted octanol–water partition coefficient (Wildman–Crippen LogP) is 2.15. The molecule has 3 rings (SSSR count). The van der Waals surface area contributed by atoms with Crippen LogP contribution in [0.15, 0.2) is 12.2 Å². The summed E-state index contributed by atoms with van der Waals surface area (Å²) >= 11 is 0. The molecule has 0 spiro atoms. The van der Waals surface area contributed by atoms with Crippen molar-refractivity contribution in [1.82, 2.24) is 4.90 Å². The highest BCUT2D eigenvalue weighted by Gasteiger charge is 2.52. The molecule has 0 aliphatic heterocycles. The smallest absolute Gasteiger partial charge is 0.0123 e. The third-order valence-electron chi connectivity index (χ3n) is 4.63. The summed E-state index contributed by atoms with van der Waals surface area (Å²) in [5.74, 6) is 4.04. The molecular weight excluding hydrogens is 158 g/mol. The Hall–Kier alpha value is -0.300. The Balaban J connectivity index is 1.84. The van der Waals surface area contributed by atoms with Crippen LogP contribution in [0.25, 0.3) is 0 Å². The summed E-state index contributed by atoms with van der Waals surface area (Å²) in [6.45, 7) is 0. The van der Waals surface area contributed by atoms with Crippen LogP contribution in [0.4, 0.5) is 0 Å². The lowest BCUT2D eigenvalue weighted by atomic mass is 9.78. The Morgan fingerprint density at radius 1 is 1.15 bits per heavy atom. The van der Waals surface area contributed by atoms with Crippen molar-refractivity contribution in [3.05, 3.63) is 12.2 Å². The van der Waals surface area contributed by atoms with Gasteiger partial charge in [-0.15, -0.1) is 0 Å². The lowest BCUT2D eigenvalue weighted by Gasteiger charge is -2.35. The second kappa shape index (κ2) is 2.60. The summed E-state index contributed by atoms with van der Waals surface area (Å²) < 4.78 is 0. The third-order valence-corrected chi connectivity index (χ3v) is 4.63. The molecule has 0 radical (unpaired) electrons. The Labute approximate surface area is 80.8 Å². The minimum absolute atomic E-state index is 0.895. The minimum Gasteiger partial charge on any atom is -0.306 e. The van der Waals surface area contributed by atoms with Gasteiger partial charge in [0, 0.05) is 6.04 Å². The predicted molar refractivity (Wildman–Crippen MR) is 54.4 cm³/mol. The quantitative estimate of drug-likeness (QED) is 0.555. The molecule has 13 heavy (non-hydrogen) atoms. The van der Waals surface area contributed by atoms with Crippen LogP contribution in [0.1, 0.15) is 19.3 Å². The monoisotopic (exact) mass is 177 g/mol. The zero-order chi connectivity index (χ0) is 9.00. The lowest BCUT2D eigenvalue weighted by molar-refractivity contribution is 0.145. The number of hydrogen-bond acceptors (Lipinski definition) is 1. The fraction of sp³-hybridized carbons (Fsp3) is 0.833. The van der Waals surface area contributed by atoms with E-state index in [-0.39, 0.29) is 0 Å². The molecule has 0 aromatic rings. The van der Waals surface area contributed by atoms with Crippen LogP contribution < -0.4 is 0 Å². The molecule has 3 aliphatic carbocycles. The first-order valence-corrected chi connectivity index (χ1v) is 5.60. The zero-order valence-corrected chi connectivity index (χ0v) is 8.61. The number of fused-ring (bicyclic) bond motifs is 5. The summed E-state index contributed by atoms with van der Waals surface area (Å²) in [7, 11) is 4.51. The maximum atomic E-state index is 2.50. The van der Waals surface area contributed by atoms with Crippen LogP contribution in [0.3, 0.4) is 0 Å². The van der Waals surface area contributed by atoms with E-state index in [2.05, 4.69) is 31.1 Å². The van der Waals surface area contributed by atoms with E-state index < -0.39 is 0 Å². The van der Waals surface area contributed by atoms with Gasteiger partial charge in [0.05, 0.1) is 0 Å². The van der Waals surface area contributed by atoms with Gasteiger partial charge in [-0.2, -0.15) is 0 Å². The molecule has 1 nitrogen and oxygen atoms in total. The van der Waals surface area contributed by atoms with Crippen LogP contribution in [0.5, 0.6) is 0 Å². The highest BCUT2D eigenvalue weighted by molar-refractivity contribution is 5.15. The van der Waals surface area contributed by atoms with Crippen LogP contribution >= 0.6 is 0 Å². The summed E-state index contributed by atoms with van der Waals surface area (Å²) in [5, 5.41) is 0. The molecule has 72 valence electrons. The van der Waals surface area contributed by atoms with E-state index in [1.165, 1.54) is 19.3 Å². The largest absolute Gasteiger partial charge is 0.306 e. The number of hydrogen-bond donors (Lipinski definition) is 0. The molecule has 1 heteroatoms. The van der Waals surface area contributed by atoms with E-state index in [0.29, 0.717) is 0 Å². The average molecular weight is 177 g/mol. The van der Waals surface area contributed by atoms with Crippen molar-refractivity contribution in [1.29, 1.82) is 0 Å². The first-order chi connectivity index (χ1) is 6.27. The van der Waals surface area contributed by atoms with Gasteiger partial charge in [0.2, 0.25) is 0 Å². The van der Waals surface area contributed by atoms with Gasteiger partial charge in [-0.3, -0.25) is 0 Å². The first kappa shape index (κ1) is 8.05. The Morgan fingerprint density at radius 2 is 2.00 bits per heavy atom. The molecule has 0 aromatic carbocycles. The van der Waals surface area contributed by atoms with Gasteiger partial charge in [0.25, 0.3) is 0 Å². The van der Waals surface area contributed by atoms with Gasteiger partial charge in [0.15, 0.2) is 0 Å². The molecule has 0 saturated heterocycles. The summed E-state index contributed by atoms with van der Waals surface area (Å²) in [6, 6.07) is 0.895. The summed E-state index contributed by atoms with van der Waals surface area (Å²) in [4.78, 5) is 2.46. The number of nitrogens with zero attached hydrogens (tertiary/aromatic N) is 1. The van der Waals surface area contributed by atoms with E-state index in [1.807, 2.05) is 0 Å². The fourth-order valence-corrected chi connectivity index (χ4v) is 4.12. The summed E-state index contributed by atoms with van der Waals surface area (Å²) in [6.07, 6.45) is 9.27. The van der Waals surface area contributed by atoms with Crippen molar-refractivity contribution < 1.29 is 0 Å². The van der Waals surface area contributed by atoms with Crippen molar-refractivity contribution >= 4 is 0 Å². The second-order valence-electron chi connectivity index (χ2n) is 5.33. The Bertz CT molecular complexity index is 242. The molecule has 5 atom stereocenters. The maximum Gasteiger partial charge on any atom is 0.0123 e. The standard InChI is InChI=1S/C12H19N/c1-13(2)12-7-8-6-11(12)10-5-3-4-9(8)10/h3-4,8-12H,5-7H2,1-2H3. The van der Waals surface area contributed by atoms with Crippen LogP contribution in [0.2, 0.25) is 0 Å². The van der Waals surface area contributed by atoms with Crippen LogP contribution in [0, 0.1) is 23.7 Å². The van der Waals surface area contributed by atoms with Crippen molar-refractivity contribution in [2.75, 3.05) is 14.1 Å². The number of allylic oxidation sites excluding steroid dienone is 2. The topological polar surface area (TPSA) is 3.24 Å². The van der Waals surface area contributed by atoms with Crippen molar-refractivity contribution in [3.8, 4) is 0 Å². The molecule has 2 fully saturated rings. The zero-order valence-electron chi connectivity index (χ0n) is 8.61. The summed E-state index contributed by atoms with van der Waals surface area (Å²) in [5.41, 5.74) is 0. The molecular formula is C12H19N. The third kappa shape index (κ3) is 0.969. The highest BCUT2D eigenvalue weighted by atomic mass is 15.1. The molecule has 0 aromatic heterocycles. The highest BCUT2D eigenvalue weighted by Crippen LogP contribution is 2.57. The maximum absolute atomic E-state index is 2.50. The first-order valence-electron chi connectivity index (χ1n) is 5.60. The van der Waals surface area contributed by atoms with E-state index in [9.17, 15) is 0 Å². The fourth-order valence-electron chi connectivity index (χ4n) is 4.12. The molecule has 2 saturated carbocycles. The molecule has 0 N–H and O–H groups in total. The van der Waals surface area contributed by atoms with Gasteiger partial charge >= 0.3 is 0 Å². The van der Waals surface area contributed by atoms with Crippen LogP contribution in [-0.2, 0) is 0 Å². The number of rotatable bonds is 1.